The van der Waals surface area contributed by atoms with Gasteiger partial charge in [0.15, 0.2) is 0 Å². The van der Waals surface area contributed by atoms with Crippen molar-refractivity contribution in [3.05, 3.63) is 64.8 Å². The highest BCUT2D eigenvalue weighted by Gasteiger charge is 2.09. The Hall–Kier alpha value is -2.99. The van der Waals surface area contributed by atoms with Crippen LogP contribution in [0, 0.1) is 0 Å². The highest BCUT2D eigenvalue weighted by atomic mass is 35.5. The molecule has 1 amide bonds. The molecule has 3 aromatic rings. The number of rotatable bonds is 8. The van der Waals surface area contributed by atoms with Crippen LogP contribution in [0.2, 0.25) is 5.02 Å². The van der Waals surface area contributed by atoms with E-state index in [1.807, 2.05) is 24.4 Å². The molecule has 6 nitrogen and oxygen atoms in total. The van der Waals surface area contributed by atoms with Crippen LogP contribution in [-0.4, -0.2) is 37.1 Å². The monoisotopic (exact) mass is 399 g/mol. The second kappa shape index (κ2) is 9.28. The fourth-order valence-electron chi connectivity index (χ4n) is 2.98. The summed E-state index contributed by atoms with van der Waals surface area (Å²) < 4.78 is 4.70. The highest BCUT2D eigenvalue weighted by Crippen LogP contribution is 2.23. The van der Waals surface area contributed by atoms with Gasteiger partial charge >= 0.3 is 5.97 Å². The van der Waals surface area contributed by atoms with Gasteiger partial charge in [-0.05, 0) is 36.2 Å². The summed E-state index contributed by atoms with van der Waals surface area (Å²) in [6.07, 6.45) is 3.04. The number of aromatic amines is 1. The van der Waals surface area contributed by atoms with E-state index in [-0.39, 0.29) is 5.91 Å². The van der Waals surface area contributed by atoms with Gasteiger partial charge in [-0.1, -0.05) is 29.8 Å². The third-order valence-electron chi connectivity index (χ3n) is 4.45. The van der Waals surface area contributed by atoms with Gasteiger partial charge in [0.2, 0.25) is 5.91 Å². The first kappa shape index (κ1) is 19.8. The third kappa shape index (κ3) is 4.84. The van der Waals surface area contributed by atoms with Crippen LogP contribution in [-0.2, 0) is 16.0 Å². The molecule has 3 rings (SSSR count). The van der Waals surface area contributed by atoms with Crippen LogP contribution in [0.4, 0.5) is 5.69 Å². The summed E-state index contributed by atoms with van der Waals surface area (Å²) >= 11 is 6.13. The number of para-hydroxylation sites is 1. The maximum Gasteiger partial charge on any atom is 0.337 e. The Labute approximate surface area is 168 Å². The number of H-pyrrole nitrogens is 1. The molecule has 7 heteroatoms. The summed E-state index contributed by atoms with van der Waals surface area (Å²) in [5.74, 6) is -0.484. The average molecular weight is 400 g/mol. The summed E-state index contributed by atoms with van der Waals surface area (Å²) in [5.41, 5.74) is 3.27. The van der Waals surface area contributed by atoms with Gasteiger partial charge in [0.1, 0.15) is 0 Å². The number of carbonyl (C=O) groups is 2. The van der Waals surface area contributed by atoms with E-state index in [4.69, 9.17) is 16.3 Å². The zero-order chi connectivity index (χ0) is 19.9. The molecule has 0 spiro atoms. The van der Waals surface area contributed by atoms with Crippen molar-refractivity contribution in [2.45, 2.75) is 12.8 Å². The molecule has 0 fully saturated rings. The molecule has 2 aromatic carbocycles. The Morgan fingerprint density at radius 1 is 1.14 bits per heavy atom. The molecule has 0 saturated carbocycles. The van der Waals surface area contributed by atoms with Crippen LogP contribution in [0.15, 0.2) is 48.7 Å². The van der Waals surface area contributed by atoms with Crippen molar-refractivity contribution in [2.75, 3.05) is 25.5 Å². The number of hydrogen-bond acceptors (Lipinski definition) is 4. The molecule has 0 unspecified atom stereocenters. The number of amides is 1. The van der Waals surface area contributed by atoms with E-state index in [1.165, 1.54) is 18.1 Å². The number of carbonyl (C=O) groups excluding carboxylic acids is 2. The third-order valence-corrected chi connectivity index (χ3v) is 4.78. The van der Waals surface area contributed by atoms with Gasteiger partial charge < -0.3 is 20.4 Å². The lowest BCUT2D eigenvalue weighted by atomic mass is 10.1. The van der Waals surface area contributed by atoms with E-state index in [0.717, 1.165) is 11.9 Å². The molecule has 0 aliphatic carbocycles. The summed E-state index contributed by atoms with van der Waals surface area (Å²) in [5, 5.41) is 7.67. The SMILES string of the molecule is COC(=O)c1ccc(Cl)c(NCCC(=O)NCCc2c[nH]c3ccccc23)c1. The quantitative estimate of drug-likeness (QED) is 0.503. The van der Waals surface area contributed by atoms with Crippen molar-refractivity contribution < 1.29 is 14.3 Å². The molecular weight excluding hydrogens is 378 g/mol. The molecule has 0 aliphatic rings. The summed E-state index contributed by atoms with van der Waals surface area (Å²) in [4.78, 5) is 26.9. The topological polar surface area (TPSA) is 83.2 Å². The second-order valence-corrected chi connectivity index (χ2v) is 6.73. The van der Waals surface area contributed by atoms with Crippen LogP contribution >= 0.6 is 11.6 Å². The van der Waals surface area contributed by atoms with Crippen molar-refractivity contribution >= 4 is 40.1 Å². The lowest BCUT2D eigenvalue weighted by molar-refractivity contribution is -0.120. The van der Waals surface area contributed by atoms with E-state index < -0.39 is 5.97 Å². The minimum atomic E-state index is -0.435. The van der Waals surface area contributed by atoms with Crippen LogP contribution < -0.4 is 10.6 Å². The van der Waals surface area contributed by atoms with Crippen LogP contribution in [0.5, 0.6) is 0 Å². The molecule has 1 aromatic heterocycles. The average Bonchev–Trinajstić information content (AvgIpc) is 3.12. The van der Waals surface area contributed by atoms with Crippen molar-refractivity contribution in [1.82, 2.24) is 10.3 Å². The number of benzene rings is 2. The fourth-order valence-corrected chi connectivity index (χ4v) is 3.16. The maximum atomic E-state index is 12.1. The zero-order valence-corrected chi connectivity index (χ0v) is 16.3. The first-order valence-electron chi connectivity index (χ1n) is 9.02. The Morgan fingerprint density at radius 3 is 2.79 bits per heavy atom. The van der Waals surface area contributed by atoms with Gasteiger partial charge in [-0.25, -0.2) is 4.79 Å². The largest absolute Gasteiger partial charge is 0.465 e. The molecule has 3 N–H and O–H groups in total. The molecule has 0 bridgehead atoms. The number of aromatic nitrogens is 1. The molecule has 146 valence electrons. The van der Waals surface area contributed by atoms with Gasteiger partial charge in [0.25, 0.3) is 0 Å². The number of ether oxygens (including phenoxy) is 1. The first-order chi connectivity index (χ1) is 13.6. The van der Waals surface area contributed by atoms with E-state index in [0.29, 0.717) is 35.8 Å². The van der Waals surface area contributed by atoms with Gasteiger partial charge in [0, 0.05) is 36.6 Å². The second-order valence-electron chi connectivity index (χ2n) is 6.32. The molecule has 0 radical (unpaired) electrons. The number of halogens is 1. The van der Waals surface area contributed by atoms with Crippen LogP contribution in [0.1, 0.15) is 22.3 Å². The van der Waals surface area contributed by atoms with Gasteiger partial charge in [-0.2, -0.15) is 0 Å². The first-order valence-corrected chi connectivity index (χ1v) is 9.39. The van der Waals surface area contributed by atoms with Crippen molar-refractivity contribution in [1.29, 1.82) is 0 Å². The van der Waals surface area contributed by atoms with E-state index in [1.54, 1.807) is 18.2 Å². The van der Waals surface area contributed by atoms with Crippen molar-refractivity contribution in [3.8, 4) is 0 Å². The van der Waals surface area contributed by atoms with E-state index >= 15 is 0 Å². The van der Waals surface area contributed by atoms with E-state index in [9.17, 15) is 9.59 Å². The Bertz CT molecular complexity index is 984. The molecule has 28 heavy (non-hydrogen) atoms. The minimum Gasteiger partial charge on any atom is -0.465 e. The summed E-state index contributed by atoms with van der Waals surface area (Å²) in [6.45, 7) is 0.975. The lowest BCUT2D eigenvalue weighted by Crippen LogP contribution is -2.27. The molecular formula is C21H22ClN3O3. The number of methoxy groups -OCH3 is 1. The number of nitrogens with one attached hydrogen (secondary N) is 3. The molecule has 0 saturated heterocycles. The smallest absolute Gasteiger partial charge is 0.337 e. The highest BCUT2D eigenvalue weighted by molar-refractivity contribution is 6.33. The number of fused-ring (bicyclic) bond motifs is 1. The standard InChI is InChI=1S/C21H22ClN3O3/c1-28-21(27)14-6-7-17(22)19(12-14)23-11-9-20(26)24-10-8-15-13-25-18-5-3-2-4-16(15)18/h2-7,12-13,23,25H,8-11H2,1H3,(H,24,26). The predicted octanol–water partition coefficient (Wildman–Crippen LogP) is 3.77. The molecule has 1 heterocycles. The van der Waals surface area contributed by atoms with Crippen molar-refractivity contribution in [3.63, 3.8) is 0 Å². The lowest BCUT2D eigenvalue weighted by Gasteiger charge is -2.10. The number of esters is 1. The van der Waals surface area contributed by atoms with Crippen LogP contribution in [0.25, 0.3) is 10.9 Å². The van der Waals surface area contributed by atoms with Crippen LogP contribution in [0.3, 0.4) is 0 Å². The fraction of sp³-hybridized carbons (Fsp3) is 0.238. The Balaban J connectivity index is 1.44. The predicted molar refractivity (Wildman–Crippen MR) is 111 cm³/mol. The van der Waals surface area contributed by atoms with E-state index in [2.05, 4.69) is 21.7 Å². The van der Waals surface area contributed by atoms with Gasteiger partial charge in [-0.15, -0.1) is 0 Å². The summed E-state index contributed by atoms with van der Waals surface area (Å²) in [7, 11) is 1.32. The number of hydrogen-bond donors (Lipinski definition) is 3. The Kier molecular flexibility index (Phi) is 6.55. The summed E-state index contributed by atoms with van der Waals surface area (Å²) in [6, 6.07) is 12.9. The van der Waals surface area contributed by atoms with Gasteiger partial charge in [0.05, 0.1) is 23.4 Å². The molecule has 0 aliphatic heterocycles. The normalized spacial score (nSPS) is 10.6. The van der Waals surface area contributed by atoms with Gasteiger partial charge in [-0.3, -0.25) is 4.79 Å². The number of anilines is 1. The van der Waals surface area contributed by atoms with Crippen molar-refractivity contribution in [2.24, 2.45) is 0 Å². The minimum absolute atomic E-state index is 0.0485. The maximum absolute atomic E-state index is 12.1. The zero-order valence-electron chi connectivity index (χ0n) is 15.5. The Morgan fingerprint density at radius 2 is 1.96 bits per heavy atom. The molecule has 0 atom stereocenters.